The Balaban J connectivity index is 1.90. The second kappa shape index (κ2) is 3.77. The van der Waals surface area contributed by atoms with Crippen LogP contribution in [-0.2, 0) is 0 Å². The molecule has 1 N–H and O–H groups in total. The van der Waals surface area contributed by atoms with Crippen LogP contribution in [-0.4, -0.2) is 11.0 Å². The van der Waals surface area contributed by atoms with E-state index in [2.05, 4.69) is 17.2 Å². The molecule has 13 heavy (non-hydrogen) atoms. The second-order valence-corrected chi connectivity index (χ2v) is 3.84. The molecule has 0 spiro atoms. The molecule has 1 saturated carbocycles. The summed E-state index contributed by atoms with van der Waals surface area (Å²) in [7, 11) is 0. The number of anilines is 1. The van der Waals surface area contributed by atoms with Crippen LogP contribution < -0.4 is 5.32 Å². The van der Waals surface area contributed by atoms with Gasteiger partial charge in [0.2, 0.25) is 0 Å². The average Bonchev–Trinajstić information content (AvgIpc) is 2.02. The number of nitrogens with one attached hydrogen (secondary N) is 1. The molecule has 2 rings (SSSR count). The maximum Gasteiger partial charge on any atom is 0.126 e. The van der Waals surface area contributed by atoms with E-state index in [4.69, 9.17) is 0 Å². The van der Waals surface area contributed by atoms with Gasteiger partial charge in [0.1, 0.15) is 5.82 Å². The first-order chi connectivity index (χ1) is 6.36. The first-order valence-corrected chi connectivity index (χ1v) is 5.04. The van der Waals surface area contributed by atoms with E-state index < -0.39 is 0 Å². The van der Waals surface area contributed by atoms with E-state index in [1.807, 2.05) is 24.4 Å². The van der Waals surface area contributed by atoms with Crippen molar-refractivity contribution in [2.45, 2.75) is 32.2 Å². The minimum absolute atomic E-state index is 0.573. The van der Waals surface area contributed by atoms with E-state index in [1.54, 1.807) is 0 Å². The molecule has 1 unspecified atom stereocenters. The quantitative estimate of drug-likeness (QED) is 0.766. The first-order valence-electron chi connectivity index (χ1n) is 5.04. The van der Waals surface area contributed by atoms with Gasteiger partial charge in [0.05, 0.1) is 0 Å². The molecule has 1 aliphatic carbocycles. The largest absolute Gasteiger partial charge is 0.367 e. The molecular weight excluding hydrogens is 160 g/mol. The van der Waals surface area contributed by atoms with Gasteiger partial charge in [-0.05, 0) is 37.8 Å². The maximum atomic E-state index is 4.25. The Kier molecular flexibility index (Phi) is 2.48. The molecule has 1 heterocycles. The highest BCUT2D eigenvalue weighted by atomic mass is 15.0. The lowest BCUT2D eigenvalue weighted by atomic mass is 9.80. The number of rotatable bonds is 3. The zero-order valence-electron chi connectivity index (χ0n) is 8.03. The third-order valence-corrected chi connectivity index (χ3v) is 2.90. The highest BCUT2D eigenvalue weighted by molar-refractivity contribution is 5.34. The lowest BCUT2D eigenvalue weighted by Crippen LogP contribution is -2.31. The molecule has 2 heteroatoms. The van der Waals surface area contributed by atoms with Crippen molar-refractivity contribution in [3.63, 3.8) is 0 Å². The standard InChI is InChI=1S/C11H16N2/c1-9(10-5-4-6-10)13-11-7-2-3-8-12-11/h2-3,7-10H,4-6H2,1H3,(H,12,13). The summed E-state index contributed by atoms with van der Waals surface area (Å²) in [6.45, 7) is 2.25. The van der Waals surface area contributed by atoms with Gasteiger partial charge >= 0.3 is 0 Å². The molecule has 0 amide bonds. The number of nitrogens with zero attached hydrogens (tertiary/aromatic N) is 1. The van der Waals surface area contributed by atoms with Crippen LogP contribution in [0.3, 0.4) is 0 Å². The van der Waals surface area contributed by atoms with Crippen LogP contribution in [0, 0.1) is 5.92 Å². The van der Waals surface area contributed by atoms with E-state index >= 15 is 0 Å². The molecule has 0 radical (unpaired) electrons. The summed E-state index contributed by atoms with van der Waals surface area (Å²) >= 11 is 0. The fourth-order valence-corrected chi connectivity index (χ4v) is 1.74. The molecule has 1 aliphatic rings. The van der Waals surface area contributed by atoms with Gasteiger partial charge < -0.3 is 5.32 Å². The Labute approximate surface area is 79.4 Å². The minimum Gasteiger partial charge on any atom is -0.367 e. The lowest BCUT2D eigenvalue weighted by molar-refractivity contribution is 0.285. The van der Waals surface area contributed by atoms with Crippen molar-refractivity contribution < 1.29 is 0 Å². The summed E-state index contributed by atoms with van der Waals surface area (Å²) in [6, 6.07) is 6.56. The van der Waals surface area contributed by atoms with Gasteiger partial charge in [-0.3, -0.25) is 0 Å². The van der Waals surface area contributed by atoms with Gasteiger partial charge in [0.25, 0.3) is 0 Å². The monoisotopic (exact) mass is 176 g/mol. The van der Waals surface area contributed by atoms with Crippen molar-refractivity contribution >= 4 is 5.82 Å². The van der Waals surface area contributed by atoms with Gasteiger partial charge in [0.15, 0.2) is 0 Å². The Hall–Kier alpha value is -1.05. The predicted octanol–water partition coefficient (Wildman–Crippen LogP) is 2.68. The summed E-state index contributed by atoms with van der Waals surface area (Å²) in [5, 5.41) is 3.43. The van der Waals surface area contributed by atoms with Crippen molar-refractivity contribution in [1.29, 1.82) is 0 Å². The molecule has 1 fully saturated rings. The maximum absolute atomic E-state index is 4.25. The number of hydrogen-bond acceptors (Lipinski definition) is 2. The Bertz CT molecular complexity index is 254. The second-order valence-electron chi connectivity index (χ2n) is 3.84. The van der Waals surface area contributed by atoms with Gasteiger partial charge in [-0.25, -0.2) is 4.98 Å². The van der Waals surface area contributed by atoms with E-state index in [9.17, 15) is 0 Å². The third-order valence-electron chi connectivity index (χ3n) is 2.90. The van der Waals surface area contributed by atoms with Crippen LogP contribution in [0.4, 0.5) is 5.82 Å². The van der Waals surface area contributed by atoms with Crippen LogP contribution in [0.15, 0.2) is 24.4 Å². The lowest BCUT2D eigenvalue weighted by Gasteiger charge is -2.32. The molecule has 1 aromatic rings. The highest BCUT2D eigenvalue weighted by Crippen LogP contribution is 2.30. The van der Waals surface area contributed by atoms with Gasteiger partial charge in [-0.1, -0.05) is 12.5 Å². The summed E-state index contributed by atoms with van der Waals surface area (Å²) in [5.74, 6) is 1.86. The summed E-state index contributed by atoms with van der Waals surface area (Å²) < 4.78 is 0. The first kappa shape index (κ1) is 8.54. The van der Waals surface area contributed by atoms with Gasteiger partial charge in [0, 0.05) is 12.2 Å². The Morgan fingerprint density at radius 3 is 2.85 bits per heavy atom. The minimum atomic E-state index is 0.573. The normalized spacial score (nSPS) is 19.2. The Morgan fingerprint density at radius 2 is 2.31 bits per heavy atom. The van der Waals surface area contributed by atoms with Crippen molar-refractivity contribution in [3.05, 3.63) is 24.4 Å². The molecule has 70 valence electrons. The molecule has 2 nitrogen and oxygen atoms in total. The fourth-order valence-electron chi connectivity index (χ4n) is 1.74. The van der Waals surface area contributed by atoms with Crippen LogP contribution in [0.1, 0.15) is 26.2 Å². The van der Waals surface area contributed by atoms with Crippen molar-refractivity contribution in [2.75, 3.05) is 5.32 Å². The zero-order valence-corrected chi connectivity index (χ0v) is 8.03. The van der Waals surface area contributed by atoms with Crippen LogP contribution in [0.5, 0.6) is 0 Å². The summed E-state index contributed by atoms with van der Waals surface area (Å²) in [4.78, 5) is 4.25. The third kappa shape index (κ3) is 2.00. The van der Waals surface area contributed by atoms with Gasteiger partial charge in [-0.15, -0.1) is 0 Å². The highest BCUT2D eigenvalue weighted by Gasteiger charge is 2.23. The predicted molar refractivity (Wildman–Crippen MR) is 54.7 cm³/mol. The molecule has 0 aromatic carbocycles. The molecule has 0 saturated heterocycles. The number of hydrogen-bond donors (Lipinski definition) is 1. The van der Waals surface area contributed by atoms with Crippen LogP contribution >= 0.6 is 0 Å². The summed E-state index contributed by atoms with van der Waals surface area (Å²) in [6.07, 6.45) is 5.98. The zero-order chi connectivity index (χ0) is 9.10. The van der Waals surface area contributed by atoms with Crippen LogP contribution in [0.2, 0.25) is 0 Å². The van der Waals surface area contributed by atoms with E-state index in [0.29, 0.717) is 6.04 Å². The summed E-state index contributed by atoms with van der Waals surface area (Å²) in [5.41, 5.74) is 0. The smallest absolute Gasteiger partial charge is 0.126 e. The van der Waals surface area contributed by atoms with Crippen molar-refractivity contribution in [3.8, 4) is 0 Å². The van der Waals surface area contributed by atoms with Gasteiger partial charge in [-0.2, -0.15) is 0 Å². The van der Waals surface area contributed by atoms with E-state index in [-0.39, 0.29) is 0 Å². The SMILES string of the molecule is CC(Nc1ccccn1)C1CCC1. The van der Waals surface area contributed by atoms with Crippen molar-refractivity contribution in [2.24, 2.45) is 5.92 Å². The van der Waals surface area contributed by atoms with Crippen molar-refractivity contribution in [1.82, 2.24) is 4.98 Å². The van der Waals surface area contributed by atoms with Crippen LogP contribution in [0.25, 0.3) is 0 Å². The average molecular weight is 176 g/mol. The van der Waals surface area contributed by atoms with E-state index in [1.165, 1.54) is 19.3 Å². The number of pyridine rings is 1. The molecular formula is C11H16N2. The molecule has 0 bridgehead atoms. The topological polar surface area (TPSA) is 24.9 Å². The molecule has 1 aromatic heterocycles. The number of aromatic nitrogens is 1. The fraction of sp³-hybridized carbons (Fsp3) is 0.545. The molecule has 1 atom stereocenters. The Morgan fingerprint density at radius 1 is 1.46 bits per heavy atom. The van der Waals surface area contributed by atoms with E-state index in [0.717, 1.165) is 11.7 Å². The molecule has 0 aliphatic heterocycles.